The number of aliphatic carboxylic acids is 1. The summed E-state index contributed by atoms with van der Waals surface area (Å²) in [6, 6.07) is 5.75. The first-order chi connectivity index (χ1) is 7.62. The van der Waals surface area contributed by atoms with Gasteiger partial charge in [-0.3, -0.25) is 9.78 Å². The van der Waals surface area contributed by atoms with E-state index < -0.39 is 11.4 Å². The van der Waals surface area contributed by atoms with E-state index in [0.717, 1.165) is 17.9 Å². The molecule has 16 heavy (non-hydrogen) atoms. The summed E-state index contributed by atoms with van der Waals surface area (Å²) >= 11 is 0. The van der Waals surface area contributed by atoms with Crippen LogP contribution >= 0.6 is 0 Å². The van der Waals surface area contributed by atoms with Gasteiger partial charge in [0, 0.05) is 24.4 Å². The normalized spacial score (nSPS) is 24.6. The number of pyridine rings is 1. The molecule has 1 unspecified atom stereocenters. The number of carboxylic acids is 1. The third kappa shape index (κ3) is 2.07. The monoisotopic (exact) mass is 220 g/mol. The maximum Gasteiger partial charge on any atom is 0.311 e. The maximum atomic E-state index is 11.3. The Kier molecular flexibility index (Phi) is 2.92. The molecule has 0 bridgehead atoms. The van der Waals surface area contributed by atoms with E-state index in [-0.39, 0.29) is 0 Å². The molecule has 0 saturated carbocycles. The van der Waals surface area contributed by atoms with Crippen molar-refractivity contribution in [2.45, 2.75) is 19.8 Å². The van der Waals surface area contributed by atoms with Gasteiger partial charge in [0.2, 0.25) is 0 Å². The summed E-state index contributed by atoms with van der Waals surface area (Å²) in [5, 5.41) is 12.4. The molecule has 0 spiro atoms. The van der Waals surface area contributed by atoms with Gasteiger partial charge in [-0.1, -0.05) is 6.07 Å². The Hall–Kier alpha value is -1.42. The van der Waals surface area contributed by atoms with E-state index in [4.69, 9.17) is 0 Å². The Labute approximate surface area is 94.7 Å². The number of carboxylic acid groups (broad SMARTS) is 1. The Balaban J connectivity index is 2.21. The highest BCUT2D eigenvalue weighted by molar-refractivity contribution is 5.75. The van der Waals surface area contributed by atoms with Gasteiger partial charge in [-0.05, 0) is 32.0 Å². The molecular weight excluding hydrogens is 204 g/mol. The second-order valence-electron chi connectivity index (χ2n) is 4.46. The molecule has 1 aromatic rings. The van der Waals surface area contributed by atoms with E-state index in [2.05, 4.69) is 10.3 Å². The number of rotatable bonds is 3. The number of aromatic nitrogens is 1. The quantitative estimate of drug-likeness (QED) is 0.797. The van der Waals surface area contributed by atoms with Crippen LogP contribution in [0.25, 0.3) is 0 Å². The molecular formula is C12H16N2O2. The van der Waals surface area contributed by atoms with E-state index in [1.165, 1.54) is 0 Å². The highest BCUT2D eigenvalue weighted by Gasteiger charge is 2.41. The molecule has 1 aliphatic heterocycles. The van der Waals surface area contributed by atoms with Crippen molar-refractivity contribution in [1.29, 1.82) is 0 Å². The van der Waals surface area contributed by atoms with Gasteiger partial charge >= 0.3 is 5.97 Å². The minimum absolute atomic E-state index is 0.511. The SMILES string of the molecule is Cc1cccc(CC2(C(=O)O)CCNC2)n1. The van der Waals surface area contributed by atoms with Crippen LogP contribution in [0.1, 0.15) is 17.8 Å². The average molecular weight is 220 g/mol. The van der Waals surface area contributed by atoms with Crippen LogP contribution in [-0.2, 0) is 11.2 Å². The van der Waals surface area contributed by atoms with Gasteiger partial charge in [0.05, 0.1) is 5.41 Å². The molecule has 2 N–H and O–H groups in total. The van der Waals surface area contributed by atoms with E-state index >= 15 is 0 Å². The topological polar surface area (TPSA) is 62.2 Å². The largest absolute Gasteiger partial charge is 0.481 e. The van der Waals surface area contributed by atoms with E-state index in [9.17, 15) is 9.90 Å². The molecule has 4 heteroatoms. The zero-order valence-electron chi connectivity index (χ0n) is 9.36. The fourth-order valence-corrected chi connectivity index (χ4v) is 2.20. The molecule has 0 radical (unpaired) electrons. The first-order valence-corrected chi connectivity index (χ1v) is 5.49. The number of hydrogen-bond acceptors (Lipinski definition) is 3. The van der Waals surface area contributed by atoms with Gasteiger partial charge in [-0.25, -0.2) is 0 Å². The molecule has 86 valence electrons. The van der Waals surface area contributed by atoms with Crippen molar-refractivity contribution in [1.82, 2.24) is 10.3 Å². The van der Waals surface area contributed by atoms with Crippen LogP contribution in [0, 0.1) is 12.3 Å². The Morgan fingerprint density at radius 2 is 2.44 bits per heavy atom. The molecule has 1 aromatic heterocycles. The summed E-state index contributed by atoms with van der Waals surface area (Å²) in [4.78, 5) is 15.7. The zero-order valence-corrected chi connectivity index (χ0v) is 9.36. The smallest absolute Gasteiger partial charge is 0.311 e. The standard InChI is InChI=1S/C12H16N2O2/c1-9-3-2-4-10(14-9)7-12(11(15)16)5-6-13-8-12/h2-4,13H,5-8H2,1H3,(H,15,16). The predicted molar refractivity (Wildman–Crippen MR) is 60.2 cm³/mol. The minimum Gasteiger partial charge on any atom is -0.481 e. The molecule has 2 heterocycles. The van der Waals surface area contributed by atoms with Crippen molar-refractivity contribution in [3.05, 3.63) is 29.6 Å². The molecule has 2 rings (SSSR count). The van der Waals surface area contributed by atoms with E-state index in [0.29, 0.717) is 19.4 Å². The minimum atomic E-state index is -0.721. The molecule has 4 nitrogen and oxygen atoms in total. The lowest BCUT2D eigenvalue weighted by Crippen LogP contribution is -2.35. The van der Waals surface area contributed by atoms with Crippen LogP contribution in [0.4, 0.5) is 0 Å². The van der Waals surface area contributed by atoms with Gasteiger partial charge in [0.15, 0.2) is 0 Å². The van der Waals surface area contributed by atoms with Crippen molar-refractivity contribution < 1.29 is 9.90 Å². The zero-order chi connectivity index (χ0) is 11.6. The number of nitrogens with one attached hydrogen (secondary N) is 1. The van der Waals surface area contributed by atoms with Crippen LogP contribution in [0.15, 0.2) is 18.2 Å². The van der Waals surface area contributed by atoms with Crippen LogP contribution < -0.4 is 5.32 Å². The van der Waals surface area contributed by atoms with Gasteiger partial charge in [0.1, 0.15) is 0 Å². The fraction of sp³-hybridized carbons (Fsp3) is 0.500. The summed E-state index contributed by atoms with van der Waals surface area (Å²) in [5.74, 6) is -0.721. The Morgan fingerprint density at radius 3 is 3.00 bits per heavy atom. The van der Waals surface area contributed by atoms with Gasteiger partial charge < -0.3 is 10.4 Å². The maximum absolute atomic E-state index is 11.3. The average Bonchev–Trinajstić information content (AvgIpc) is 2.67. The third-order valence-electron chi connectivity index (χ3n) is 3.16. The molecule has 0 amide bonds. The van der Waals surface area contributed by atoms with Crippen molar-refractivity contribution in [3.8, 4) is 0 Å². The van der Waals surface area contributed by atoms with Crippen molar-refractivity contribution in [3.63, 3.8) is 0 Å². The molecule has 1 saturated heterocycles. The van der Waals surface area contributed by atoms with Gasteiger partial charge in [-0.15, -0.1) is 0 Å². The molecule has 1 aliphatic rings. The Morgan fingerprint density at radius 1 is 1.62 bits per heavy atom. The second kappa shape index (κ2) is 4.22. The van der Waals surface area contributed by atoms with Crippen LogP contribution in [0.3, 0.4) is 0 Å². The Bertz CT molecular complexity index is 398. The number of carbonyl (C=O) groups is 1. The summed E-state index contributed by atoms with van der Waals surface area (Å²) < 4.78 is 0. The first-order valence-electron chi connectivity index (χ1n) is 5.49. The lowest BCUT2D eigenvalue weighted by atomic mass is 9.82. The predicted octanol–water partition coefficient (Wildman–Crippen LogP) is 0.997. The van der Waals surface area contributed by atoms with Crippen molar-refractivity contribution in [2.75, 3.05) is 13.1 Å². The van der Waals surface area contributed by atoms with Gasteiger partial charge in [-0.2, -0.15) is 0 Å². The number of hydrogen-bond donors (Lipinski definition) is 2. The van der Waals surface area contributed by atoms with Crippen LogP contribution in [0.2, 0.25) is 0 Å². The van der Waals surface area contributed by atoms with Crippen molar-refractivity contribution >= 4 is 5.97 Å². The molecule has 0 aliphatic carbocycles. The summed E-state index contributed by atoms with van der Waals surface area (Å²) in [7, 11) is 0. The third-order valence-corrected chi connectivity index (χ3v) is 3.16. The molecule has 0 aromatic carbocycles. The summed E-state index contributed by atoms with van der Waals surface area (Å²) in [5.41, 5.74) is 1.14. The highest BCUT2D eigenvalue weighted by Crippen LogP contribution is 2.29. The van der Waals surface area contributed by atoms with E-state index in [1.807, 2.05) is 25.1 Å². The second-order valence-corrected chi connectivity index (χ2v) is 4.46. The lowest BCUT2D eigenvalue weighted by molar-refractivity contribution is -0.147. The summed E-state index contributed by atoms with van der Waals surface area (Å²) in [6.45, 7) is 3.24. The van der Waals surface area contributed by atoms with Crippen LogP contribution in [-0.4, -0.2) is 29.1 Å². The first kappa shape index (κ1) is 11.1. The summed E-state index contributed by atoms with van der Waals surface area (Å²) in [6.07, 6.45) is 1.19. The molecule has 1 fully saturated rings. The fourth-order valence-electron chi connectivity index (χ4n) is 2.20. The highest BCUT2D eigenvalue weighted by atomic mass is 16.4. The molecule has 1 atom stereocenters. The van der Waals surface area contributed by atoms with Crippen molar-refractivity contribution in [2.24, 2.45) is 5.41 Å². The number of aryl methyl sites for hydroxylation is 1. The lowest BCUT2D eigenvalue weighted by Gasteiger charge is -2.22. The number of nitrogens with zero attached hydrogens (tertiary/aromatic N) is 1. The van der Waals surface area contributed by atoms with Crippen LogP contribution in [0.5, 0.6) is 0 Å². The van der Waals surface area contributed by atoms with E-state index in [1.54, 1.807) is 0 Å². The van der Waals surface area contributed by atoms with Gasteiger partial charge in [0.25, 0.3) is 0 Å².